The fraction of sp³-hybridized carbons (Fsp3) is 0.846. The molecular weight excluding hydrogens is 156 g/mol. The second-order valence-electron chi connectivity index (χ2n) is 4.76. The molecule has 0 spiro atoms. The van der Waals surface area contributed by atoms with Crippen molar-refractivity contribution in [3.8, 4) is 0 Å². The number of hydrogen-bond donors (Lipinski definition) is 0. The van der Waals surface area contributed by atoms with Crippen molar-refractivity contribution in [3.05, 3.63) is 12.2 Å². The highest BCUT2D eigenvalue weighted by molar-refractivity contribution is 4.88. The van der Waals surface area contributed by atoms with Crippen LogP contribution in [0.4, 0.5) is 0 Å². The Morgan fingerprint density at radius 3 is 1.85 bits per heavy atom. The third kappa shape index (κ3) is 9.66. The van der Waals surface area contributed by atoms with Crippen LogP contribution < -0.4 is 0 Å². The van der Waals surface area contributed by atoms with Crippen LogP contribution >= 0.6 is 0 Å². The molecular formula is C13H28. The molecule has 0 aliphatic heterocycles. The van der Waals surface area contributed by atoms with E-state index in [4.69, 9.17) is 0 Å². The molecule has 0 radical (unpaired) electrons. The maximum absolute atomic E-state index is 3.91. The predicted octanol–water partition coefficient (Wildman–Crippen LogP) is 5.05. The molecule has 0 heteroatoms. The molecule has 0 rings (SSSR count). The summed E-state index contributed by atoms with van der Waals surface area (Å²) in [7, 11) is 0. The van der Waals surface area contributed by atoms with Crippen molar-refractivity contribution in [2.45, 2.75) is 61.3 Å². The molecule has 0 nitrogen and oxygen atoms in total. The Morgan fingerprint density at radius 1 is 1.23 bits per heavy atom. The van der Waals surface area contributed by atoms with E-state index >= 15 is 0 Å². The standard InChI is InChI=1S/C11H22.C2H6/c1-9(2)7-8-10(3)11(4,5)6;1-2/h10H,1,7-8H2,2-6H3;1-2H3. The van der Waals surface area contributed by atoms with E-state index in [0.717, 1.165) is 5.92 Å². The van der Waals surface area contributed by atoms with Crippen molar-refractivity contribution in [1.29, 1.82) is 0 Å². The summed E-state index contributed by atoms with van der Waals surface area (Å²) >= 11 is 0. The molecule has 0 aromatic carbocycles. The van der Waals surface area contributed by atoms with E-state index in [1.165, 1.54) is 18.4 Å². The largest absolute Gasteiger partial charge is 0.100 e. The van der Waals surface area contributed by atoms with Gasteiger partial charge in [-0.15, -0.1) is 6.58 Å². The molecule has 0 heterocycles. The van der Waals surface area contributed by atoms with Crippen molar-refractivity contribution >= 4 is 0 Å². The third-order valence-electron chi connectivity index (χ3n) is 2.48. The summed E-state index contributed by atoms with van der Waals surface area (Å²) in [4.78, 5) is 0. The van der Waals surface area contributed by atoms with Crippen LogP contribution in [0, 0.1) is 11.3 Å². The predicted molar refractivity (Wildman–Crippen MR) is 64.0 cm³/mol. The topological polar surface area (TPSA) is 0 Å². The Bertz CT molecular complexity index is 125. The first-order valence-corrected chi connectivity index (χ1v) is 5.48. The molecule has 0 aliphatic rings. The van der Waals surface area contributed by atoms with E-state index in [0.29, 0.717) is 5.41 Å². The van der Waals surface area contributed by atoms with Gasteiger partial charge in [0.15, 0.2) is 0 Å². The quantitative estimate of drug-likeness (QED) is 0.538. The van der Waals surface area contributed by atoms with Gasteiger partial charge in [-0.3, -0.25) is 0 Å². The highest BCUT2D eigenvalue weighted by atomic mass is 14.2. The minimum atomic E-state index is 0.454. The molecule has 1 unspecified atom stereocenters. The maximum atomic E-state index is 3.91. The normalized spacial score (nSPS) is 12.8. The highest BCUT2D eigenvalue weighted by Gasteiger charge is 2.18. The fourth-order valence-electron chi connectivity index (χ4n) is 0.896. The lowest BCUT2D eigenvalue weighted by Crippen LogP contribution is -2.16. The van der Waals surface area contributed by atoms with E-state index in [1.807, 2.05) is 13.8 Å². The van der Waals surface area contributed by atoms with E-state index in [9.17, 15) is 0 Å². The van der Waals surface area contributed by atoms with E-state index in [2.05, 4.69) is 41.2 Å². The Balaban J connectivity index is 0. The Kier molecular flexibility index (Phi) is 8.40. The molecule has 0 amide bonds. The molecule has 0 N–H and O–H groups in total. The summed E-state index contributed by atoms with van der Waals surface area (Å²) in [6.45, 7) is 19.2. The summed E-state index contributed by atoms with van der Waals surface area (Å²) in [5, 5.41) is 0. The van der Waals surface area contributed by atoms with Crippen LogP contribution in [-0.4, -0.2) is 0 Å². The zero-order valence-electron chi connectivity index (χ0n) is 10.7. The summed E-state index contributed by atoms with van der Waals surface area (Å²) in [5.74, 6) is 0.791. The van der Waals surface area contributed by atoms with Crippen molar-refractivity contribution in [3.63, 3.8) is 0 Å². The van der Waals surface area contributed by atoms with Crippen LogP contribution in [0.1, 0.15) is 61.3 Å². The average molecular weight is 184 g/mol. The molecule has 0 bridgehead atoms. The van der Waals surface area contributed by atoms with Crippen LogP contribution in [0.25, 0.3) is 0 Å². The van der Waals surface area contributed by atoms with Gasteiger partial charge in [-0.2, -0.15) is 0 Å². The minimum absolute atomic E-state index is 0.454. The van der Waals surface area contributed by atoms with Gasteiger partial charge in [0.05, 0.1) is 0 Å². The van der Waals surface area contributed by atoms with Gasteiger partial charge in [-0.25, -0.2) is 0 Å². The average Bonchev–Trinajstić information content (AvgIpc) is 2.02. The second kappa shape index (κ2) is 7.17. The monoisotopic (exact) mass is 184 g/mol. The first-order chi connectivity index (χ1) is 5.84. The first kappa shape index (κ1) is 15.2. The third-order valence-corrected chi connectivity index (χ3v) is 2.48. The summed E-state index contributed by atoms with van der Waals surface area (Å²) < 4.78 is 0. The first-order valence-electron chi connectivity index (χ1n) is 5.48. The maximum Gasteiger partial charge on any atom is -0.0323 e. The van der Waals surface area contributed by atoms with Crippen molar-refractivity contribution in [1.82, 2.24) is 0 Å². The molecule has 0 saturated carbocycles. The van der Waals surface area contributed by atoms with E-state index < -0.39 is 0 Å². The molecule has 1 atom stereocenters. The van der Waals surface area contributed by atoms with Gasteiger partial charge in [0, 0.05) is 0 Å². The summed E-state index contributed by atoms with van der Waals surface area (Å²) in [5.41, 5.74) is 1.76. The lowest BCUT2D eigenvalue weighted by atomic mass is 9.79. The van der Waals surface area contributed by atoms with Crippen LogP contribution in [0.5, 0.6) is 0 Å². The Morgan fingerprint density at radius 2 is 1.62 bits per heavy atom. The van der Waals surface area contributed by atoms with Crippen molar-refractivity contribution < 1.29 is 0 Å². The summed E-state index contributed by atoms with van der Waals surface area (Å²) in [6, 6.07) is 0. The van der Waals surface area contributed by atoms with Gasteiger partial charge >= 0.3 is 0 Å². The molecule has 80 valence electrons. The number of allylic oxidation sites excluding steroid dienone is 1. The fourth-order valence-corrected chi connectivity index (χ4v) is 0.896. The zero-order valence-corrected chi connectivity index (χ0v) is 10.7. The number of rotatable bonds is 3. The zero-order chi connectivity index (χ0) is 11.1. The van der Waals surface area contributed by atoms with Crippen LogP contribution in [0.2, 0.25) is 0 Å². The highest BCUT2D eigenvalue weighted by Crippen LogP contribution is 2.29. The summed E-state index contributed by atoms with van der Waals surface area (Å²) in [6.07, 6.45) is 2.46. The van der Waals surface area contributed by atoms with E-state index in [-0.39, 0.29) is 0 Å². The van der Waals surface area contributed by atoms with Gasteiger partial charge in [-0.1, -0.05) is 47.1 Å². The SMILES string of the molecule is C=C(C)CCC(C)C(C)(C)C.CC. The molecule has 0 aliphatic carbocycles. The smallest absolute Gasteiger partial charge is 0.0323 e. The molecule has 0 saturated heterocycles. The molecule has 0 aromatic heterocycles. The van der Waals surface area contributed by atoms with Crippen LogP contribution in [0.3, 0.4) is 0 Å². The lowest BCUT2D eigenvalue weighted by Gasteiger charge is -2.27. The van der Waals surface area contributed by atoms with Gasteiger partial charge in [0.2, 0.25) is 0 Å². The van der Waals surface area contributed by atoms with Gasteiger partial charge in [0.25, 0.3) is 0 Å². The molecule has 0 fully saturated rings. The minimum Gasteiger partial charge on any atom is -0.100 e. The second-order valence-corrected chi connectivity index (χ2v) is 4.76. The van der Waals surface area contributed by atoms with Crippen LogP contribution in [0.15, 0.2) is 12.2 Å². The Hall–Kier alpha value is -0.260. The Labute approximate surface area is 85.4 Å². The van der Waals surface area contributed by atoms with Gasteiger partial charge < -0.3 is 0 Å². The number of hydrogen-bond acceptors (Lipinski definition) is 0. The van der Waals surface area contributed by atoms with E-state index in [1.54, 1.807) is 0 Å². The molecule has 13 heavy (non-hydrogen) atoms. The van der Waals surface area contributed by atoms with Crippen molar-refractivity contribution in [2.24, 2.45) is 11.3 Å². The van der Waals surface area contributed by atoms with Gasteiger partial charge in [0.1, 0.15) is 0 Å². The van der Waals surface area contributed by atoms with Crippen molar-refractivity contribution in [2.75, 3.05) is 0 Å². The molecule has 0 aromatic rings. The van der Waals surface area contributed by atoms with Gasteiger partial charge in [-0.05, 0) is 31.1 Å². The lowest BCUT2D eigenvalue weighted by molar-refractivity contribution is 0.247. The van der Waals surface area contributed by atoms with Crippen LogP contribution in [-0.2, 0) is 0 Å².